The predicted molar refractivity (Wildman–Crippen MR) is 118 cm³/mol. The Morgan fingerprint density at radius 1 is 1.21 bits per heavy atom. The highest BCUT2D eigenvalue weighted by molar-refractivity contribution is 5.57. The van der Waals surface area contributed by atoms with Gasteiger partial charge in [0.05, 0.1) is 26.5 Å². The number of hydrogen-bond acceptors (Lipinski definition) is 9. The molecule has 3 aromatic heterocycles. The third-order valence-electron chi connectivity index (χ3n) is 5.12. The lowest BCUT2D eigenvalue weighted by atomic mass is 10.2. The zero-order chi connectivity index (χ0) is 22.9. The predicted octanol–water partition coefficient (Wildman–Crippen LogP) is 0.0864. The van der Waals surface area contributed by atoms with E-state index in [0.717, 1.165) is 18.4 Å². The first kappa shape index (κ1) is 20.5. The second-order valence-electron chi connectivity index (χ2n) is 7.60. The molecule has 0 spiro atoms. The van der Waals surface area contributed by atoms with E-state index in [1.807, 2.05) is 12.1 Å². The van der Waals surface area contributed by atoms with Crippen LogP contribution in [0.3, 0.4) is 0 Å². The third-order valence-corrected chi connectivity index (χ3v) is 5.12. The summed E-state index contributed by atoms with van der Waals surface area (Å²) in [5, 5.41) is 18.1. The largest absolute Gasteiger partial charge is 0.497 e. The highest BCUT2D eigenvalue weighted by atomic mass is 16.5. The van der Waals surface area contributed by atoms with Gasteiger partial charge in [-0.25, -0.2) is 9.79 Å². The van der Waals surface area contributed by atoms with E-state index in [4.69, 9.17) is 9.47 Å². The van der Waals surface area contributed by atoms with Crippen molar-refractivity contribution >= 4 is 17.7 Å². The van der Waals surface area contributed by atoms with E-state index >= 15 is 0 Å². The Morgan fingerprint density at radius 3 is 2.61 bits per heavy atom. The molecule has 0 aliphatic heterocycles. The van der Waals surface area contributed by atoms with Crippen molar-refractivity contribution in [1.82, 2.24) is 29.5 Å². The van der Waals surface area contributed by atoms with Crippen molar-refractivity contribution in [2.45, 2.75) is 25.4 Å². The summed E-state index contributed by atoms with van der Waals surface area (Å²) in [6.45, 7) is 0.422. The molecule has 1 aliphatic rings. The maximum absolute atomic E-state index is 11.5. The lowest BCUT2D eigenvalue weighted by Gasteiger charge is -2.09. The average Bonchev–Trinajstić information content (AvgIpc) is 3.45. The lowest BCUT2D eigenvalue weighted by Crippen LogP contribution is -2.24. The minimum Gasteiger partial charge on any atom is -0.497 e. The van der Waals surface area contributed by atoms with Crippen molar-refractivity contribution in [2.24, 2.45) is 4.99 Å². The summed E-state index contributed by atoms with van der Waals surface area (Å²) in [5.74, 6) is 1.46. The van der Waals surface area contributed by atoms with Crippen molar-refractivity contribution in [3.05, 3.63) is 57.0 Å². The Kier molecular flexibility index (Phi) is 5.17. The molecule has 0 bridgehead atoms. The van der Waals surface area contributed by atoms with Crippen molar-refractivity contribution in [1.29, 1.82) is 0 Å². The van der Waals surface area contributed by atoms with Crippen LogP contribution in [0.1, 0.15) is 24.1 Å². The third kappa shape index (κ3) is 4.35. The number of aromatic amines is 2. The fourth-order valence-electron chi connectivity index (χ4n) is 3.31. The molecular weight excluding hydrogens is 428 g/mol. The summed E-state index contributed by atoms with van der Waals surface area (Å²) in [7, 11) is 3.20. The van der Waals surface area contributed by atoms with E-state index in [1.165, 1.54) is 0 Å². The molecule has 5 rings (SSSR count). The fraction of sp³-hybridized carbons (Fsp3) is 0.286. The molecule has 0 radical (unpaired) electrons. The van der Waals surface area contributed by atoms with Crippen molar-refractivity contribution in [2.75, 3.05) is 19.5 Å². The quantitative estimate of drug-likeness (QED) is 0.309. The van der Waals surface area contributed by atoms with Crippen molar-refractivity contribution in [3.63, 3.8) is 0 Å². The van der Waals surface area contributed by atoms with Gasteiger partial charge in [-0.1, -0.05) is 0 Å². The number of methoxy groups -OCH3 is 2. The first-order valence-corrected chi connectivity index (χ1v) is 10.3. The number of aromatic nitrogens is 6. The van der Waals surface area contributed by atoms with Gasteiger partial charge in [-0.05, 0) is 36.6 Å². The van der Waals surface area contributed by atoms with Crippen LogP contribution in [0.2, 0.25) is 0 Å². The van der Waals surface area contributed by atoms with Gasteiger partial charge in [0.25, 0.3) is 5.62 Å². The summed E-state index contributed by atoms with van der Waals surface area (Å²) in [4.78, 5) is 30.1. The molecule has 0 saturated heterocycles. The molecule has 12 heteroatoms. The standard InChI is InChI=1S/C21H22N8O4/c1-32-14-5-11(6-15(8-14)33-2)9-22-19-26-17-12(7-16-18(30)27-21(31)25-16)10-23-29(17)20(28-19)24-13-3-4-13/h5-8,10,13,30H,3-4,9H2,1-2H3,(H,22,24,28)(H2,25,27,31). The van der Waals surface area contributed by atoms with E-state index in [2.05, 4.69) is 35.3 Å². The summed E-state index contributed by atoms with van der Waals surface area (Å²) in [6.07, 6.45) is 5.19. The Bertz CT molecular complexity index is 1480. The molecule has 0 unspecified atom stereocenters. The number of hydrogen-bond donors (Lipinski definition) is 4. The van der Waals surface area contributed by atoms with E-state index in [9.17, 15) is 9.90 Å². The highest BCUT2D eigenvalue weighted by Crippen LogP contribution is 2.23. The first-order valence-electron chi connectivity index (χ1n) is 10.3. The van der Waals surface area contributed by atoms with Crippen LogP contribution in [0, 0.1) is 0 Å². The first-order chi connectivity index (χ1) is 16.0. The van der Waals surface area contributed by atoms with Gasteiger partial charge in [0.15, 0.2) is 5.65 Å². The monoisotopic (exact) mass is 450 g/mol. The number of aromatic hydroxyl groups is 1. The van der Waals surface area contributed by atoms with Gasteiger partial charge in [-0.2, -0.15) is 19.6 Å². The number of imidazole rings is 1. The number of H-pyrrole nitrogens is 2. The van der Waals surface area contributed by atoms with E-state index in [1.54, 1.807) is 37.1 Å². The van der Waals surface area contributed by atoms with E-state index in [-0.39, 0.29) is 17.6 Å². The average molecular weight is 450 g/mol. The number of rotatable bonds is 7. The van der Waals surface area contributed by atoms with Crippen LogP contribution in [0.4, 0.5) is 5.95 Å². The van der Waals surface area contributed by atoms with Gasteiger partial charge in [0, 0.05) is 17.8 Å². The number of fused-ring (bicyclic) bond motifs is 1. The topological polar surface area (TPSA) is 155 Å². The van der Waals surface area contributed by atoms with Crippen LogP contribution in [0.5, 0.6) is 17.4 Å². The molecule has 170 valence electrons. The smallest absolute Gasteiger partial charge is 0.326 e. The van der Waals surface area contributed by atoms with Gasteiger partial charge in [0.2, 0.25) is 11.8 Å². The maximum atomic E-state index is 11.5. The summed E-state index contributed by atoms with van der Waals surface area (Å²) in [6, 6.07) is 5.81. The van der Waals surface area contributed by atoms with Gasteiger partial charge >= 0.3 is 5.69 Å². The molecule has 0 atom stereocenters. The van der Waals surface area contributed by atoms with E-state index in [0.29, 0.717) is 40.5 Å². The number of ether oxygens (including phenoxy) is 2. The van der Waals surface area contributed by atoms with E-state index < -0.39 is 5.69 Å². The normalized spacial score (nSPS) is 14.7. The minimum atomic E-state index is -0.509. The van der Waals surface area contributed by atoms with Crippen molar-refractivity contribution < 1.29 is 14.6 Å². The van der Waals surface area contributed by atoms with Gasteiger partial charge in [-0.15, -0.1) is 0 Å². The Balaban J connectivity index is 1.55. The summed E-state index contributed by atoms with van der Waals surface area (Å²) >= 11 is 0. The Hall–Kier alpha value is -4.35. The van der Waals surface area contributed by atoms with Crippen LogP contribution in [-0.2, 0) is 6.54 Å². The van der Waals surface area contributed by atoms with Crippen molar-refractivity contribution in [3.8, 4) is 17.4 Å². The second-order valence-corrected chi connectivity index (χ2v) is 7.60. The van der Waals surface area contributed by atoms with Gasteiger partial charge in [-0.3, -0.25) is 4.98 Å². The maximum Gasteiger partial charge on any atom is 0.326 e. The molecular formula is C21H22N8O4. The number of nitrogens with zero attached hydrogens (tertiary/aromatic N) is 5. The molecule has 4 N–H and O–H groups in total. The molecule has 4 aromatic rings. The summed E-state index contributed by atoms with van der Waals surface area (Å²) in [5.41, 5.74) is 1.55. The number of nitrogens with one attached hydrogen (secondary N) is 3. The number of anilines is 1. The molecule has 1 aromatic carbocycles. The molecule has 33 heavy (non-hydrogen) atoms. The Labute approximate surface area is 186 Å². The molecule has 1 saturated carbocycles. The molecule has 12 nitrogen and oxygen atoms in total. The zero-order valence-electron chi connectivity index (χ0n) is 18.0. The van der Waals surface area contributed by atoms with Crippen LogP contribution in [-0.4, -0.2) is 54.9 Å². The summed E-state index contributed by atoms with van der Waals surface area (Å²) < 4.78 is 12.2. The number of benzene rings is 1. The SMILES string of the molecule is COc1cc(CNc2nc(=NC3CC3)n3ncc(=Cc4[nH]c(=O)[nH]c4O)c3n2)cc(OC)c1. The van der Waals surface area contributed by atoms with Crippen LogP contribution >= 0.6 is 0 Å². The molecule has 1 aliphatic carbocycles. The lowest BCUT2D eigenvalue weighted by molar-refractivity contribution is 0.393. The van der Waals surface area contributed by atoms with Gasteiger partial charge in [0.1, 0.15) is 17.2 Å². The van der Waals surface area contributed by atoms with Crippen LogP contribution in [0.15, 0.2) is 34.2 Å². The van der Waals surface area contributed by atoms with Gasteiger partial charge < -0.3 is 24.9 Å². The molecule has 1 fully saturated rings. The fourth-order valence-corrected chi connectivity index (χ4v) is 3.31. The molecule has 3 heterocycles. The zero-order valence-corrected chi connectivity index (χ0v) is 18.0. The van der Waals surface area contributed by atoms with Crippen LogP contribution < -0.4 is 31.3 Å². The highest BCUT2D eigenvalue weighted by Gasteiger charge is 2.21. The van der Waals surface area contributed by atoms with Crippen LogP contribution in [0.25, 0.3) is 11.7 Å². The second kappa shape index (κ2) is 8.30. The minimum absolute atomic E-state index is 0.222. The molecule has 0 amide bonds. The Morgan fingerprint density at radius 2 is 1.97 bits per heavy atom.